The Morgan fingerprint density at radius 2 is 0.869 bits per heavy atom. The quantitative estimate of drug-likeness (QED) is 0.168. The summed E-state index contributed by atoms with van der Waals surface area (Å²) in [5.41, 5.74) is 11.0. The maximum absolute atomic E-state index is 7.02. The molecule has 1 aromatic heterocycles. The Labute approximate surface area is 353 Å². The topological polar surface area (TPSA) is 57.1 Å². The van der Waals surface area contributed by atoms with E-state index in [2.05, 4.69) is 158 Å². The number of fused-ring (bicyclic) bond motifs is 7. The molecule has 286 valence electrons. The van der Waals surface area contributed by atoms with Crippen LogP contribution in [0.15, 0.2) is 212 Å². The van der Waals surface area contributed by atoms with E-state index in [-0.39, 0.29) is 0 Å². The molecule has 1 aliphatic heterocycles. The molecule has 0 N–H and O–H groups in total. The second-order valence-electron chi connectivity index (χ2n) is 15.5. The third kappa shape index (κ3) is 5.59. The van der Waals surface area contributed by atoms with E-state index < -0.39 is 5.41 Å². The number of nitrogens with zero attached hydrogens (tertiary/aromatic N) is 3. The molecular weight excluding hydrogens is 747 g/mol. The second-order valence-corrected chi connectivity index (χ2v) is 15.5. The molecule has 0 spiro atoms. The first-order valence-electron chi connectivity index (χ1n) is 20.5. The van der Waals surface area contributed by atoms with Gasteiger partial charge in [-0.05, 0) is 68.4 Å². The lowest BCUT2D eigenvalue weighted by Crippen LogP contribution is -2.28. The van der Waals surface area contributed by atoms with Gasteiger partial charge in [0.15, 0.2) is 40.5 Å². The minimum atomic E-state index is -0.543. The highest BCUT2D eigenvalue weighted by atomic mass is 16.6. The summed E-state index contributed by atoms with van der Waals surface area (Å²) in [5, 5.41) is 2.29. The van der Waals surface area contributed by atoms with E-state index in [4.69, 9.17) is 24.4 Å². The summed E-state index contributed by atoms with van der Waals surface area (Å²) in [6.45, 7) is 0. The summed E-state index contributed by atoms with van der Waals surface area (Å²) in [5.74, 6) is 4.52. The van der Waals surface area contributed by atoms with Gasteiger partial charge in [0.05, 0.1) is 5.41 Å². The summed E-state index contributed by atoms with van der Waals surface area (Å²) < 4.78 is 14.0. The highest BCUT2D eigenvalue weighted by Gasteiger charge is 2.48. The molecule has 9 aromatic carbocycles. The van der Waals surface area contributed by atoms with Crippen molar-refractivity contribution in [2.45, 2.75) is 5.41 Å². The van der Waals surface area contributed by atoms with Crippen molar-refractivity contribution in [2.24, 2.45) is 0 Å². The molecule has 0 fully saturated rings. The minimum Gasteiger partial charge on any atom is -0.449 e. The van der Waals surface area contributed by atoms with Gasteiger partial charge in [-0.15, -0.1) is 0 Å². The largest absolute Gasteiger partial charge is 0.449 e. The molecule has 0 unspecified atom stereocenters. The molecule has 1 aliphatic carbocycles. The number of aromatic nitrogens is 3. The van der Waals surface area contributed by atoms with Crippen molar-refractivity contribution in [3.05, 3.63) is 235 Å². The zero-order chi connectivity index (χ0) is 40.3. The molecular formula is C56H35N3O2. The van der Waals surface area contributed by atoms with Gasteiger partial charge in [0, 0.05) is 27.8 Å². The van der Waals surface area contributed by atoms with Crippen LogP contribution in [0.3, 0.4) is 0 Å². The van der Waals surface area contributed by atoms with Gasteiger partial charge in [-0.1, -0.05) is 188 Å². The number of ether oxygens (including phenoxy) is 2. The average Bonchev–Trinajstić information content (AvgIpc) is 3.65. The lowest BCUT2D eigenvalue weighted by molar-refractivity contribution is 0.361. The molecule has 10 aromatic rings. The highest BCUT2D eigenvalue weighted by molar-refractivity contribution is 5.93. The smallest absolute Gasteiger partial charge is 0.178 e. The number of rotatable bonds is 6. The Hall–Kier alpha value is -8.15. The molecule has 12 rings (SSSR count). The van der Waals surface area contributed by atoms with Gasteiger partial charge in [-0.25, -0.2) is 15.0 Å². The predicted molar refractivity (Wildman–Crippen MR) is 243 cm³/mol. The fraction of sp³-hybridized carbons (Fsp3) is 0.0179. The van der Waals surface area contributed by atoms with Crippen molar-refractivity contribution < 1.29 is 9.47 Å². The first-order chi connectivity index (χ1) is 30.2. The predicted octanol–water partition coefficient (Wildman–Crippen LogP) is 14.0. The molecule has 0 amide bonds. The third-order valence-corrected chi connectivity index (χ3v) is 12.0. The molecule has 2 heterocycles. The van der Waals surface area contributed by atoms with Crippen molar-refractivity contribution in [3.8, 4) is 79.4 Å². The third-order valence-electron chi connectivity index (χ3n) is 12.0. The number of hydrogen-bond donors (Lipinski definition) is 0. The highest BCUT2D eigenvalue weighted by Crippen LogP contribution is 2.62. The van der Waals surface area contributed by atoms with Crippen LogP contribution < -0.4 is 9.47 Å². The van der Waals surface area contributed by atoms with Gasteiger partial charge in [0.25, 0.3) is 0 Å². The maximum Gasteiger partial charge on any atom is 0.178 e. The lowest BCUT2D eigenvalue weighted by atomic mass is 9.68. The van der Waals surface area contributed by atoms with Crippen molar-refractivity contribution in [3.63, 3.8) is 0 Å². The minimum absolute atomic E-state index is 0.543. The summed E-state index contributed by atoms with van der Waals surface area (Å²) in [6, 6.07) is 73.7. The van der Waals surface area contributed by atoms with E-state index in [1.807, 2.05) is 54.6 Å². The fourth-order valence-corrected chi connectivity index (χ4v) is 9.32. The molecule has 61 heavy (non-hydrogen) atoms. The Kier molecular flexibility index (Phi) is 8.00. The van der Waals surface area contributed by atoms with Crippen LogP contribution >= 0.6 is 0 Å². The van der Waals surface area contributed by atoms with Gasteiger partial charge in [-0.3, -0.25) is 0 Å². The molecule has 0 saturated carbocycles. The van der Waals surface area contributed by atoms with Crippen molar-refractivity contribution in [1.29, 1.82) is 0 Å². The second kappa shape index (κ2) is 14.0. The van der Waals surface area contributed by atoms with Gasteiger partial charge >= 0.3 is 0 Å². The van der Waals surface area contributed by atoms with E-state index in [0.717, 1.165) is 55.6 Å². The van der Waals surface area contributed by atoms with E-state index in [0.29, 0.717) is 34.7 Å². The molecule has 5 heteroatoms. The Balaban J connectivity index is 0.966. The van der Waals surface area contributed by atoms with E-state index in [1.165, 1.54) is 22.1 Å². The fourth-order valence-electron chi connectivity index (χ4n) is 9.32. The molecule has 2 aliphatic rings. The molecule has 0 saturated heterocycles. The van der Waals surface area contributed by atoms with Crippen LogP contribution in [0, 0.1) is 0 Å². The van der Waals surface area contributed by atoms with E-state index in [9.17, 15) is 0 Å². The van der Waals surface area contributed by atoms with E-state index in [1.54, 1.807) is 0 Å². The van der Waals surface area contributed by atoms with Gasteiger partial charge in [0.1, 0.15) is 0 Å². The Morgan fingerprint density at radius 3 is 1.62 bits per heavy atom. The number of benzene rings is 9. The van der Waals surface area contributed by atoms with Crippen LogP contribution in [0.2, 0.25) is 0 Å². The van der Waals surface area contributed by atoms with Crippen LogP contribution in [0.25, 0.3) is 67.2 Å². The average molecular weight is 782 g/mol. The summed E-state index contributed by atoms with van der Waals surface area (Å²) in [4.78, 5) is 15.1. The van der Waals surface area contributed by atoms with Crippen molar-refractivity contribution >= 4 is 10.8 Å². The Morgan fingerprint density at radius 1 is 0.328 bits per heavy atom. The molecule has 0 radical (unpaired) electrons. The van der Waals surface area contributed by atoms with Crippen molar-refractivity contribution in [2.75, 3.05) is 0 Å². The van der Waals surface area contributed by atoms with Crippen LogP contribution in [-0.4, -0.2) is 15.0 Å². The molecule has 0 bridgehead atoms. The summed E-state index contributed by atoms with van der Waals surface area (Å²) in [6.07, 6.45) is 0. The van der Waals surface area contributed by atoms with Gasteiger partial charge < -0.3 is 9.47 Å². The van der Waals surface area contributed by atoms with Crippen LogP contribution in [0.4, 0.5) is 0 Å². The van der Waals surface area contributed by atoms with Crippen LogP contribution in [0.1, 0.15) is 22.3 Å². The first-order valence-corrected chi connectivity index (χ1v) is 20.5. The van der Waals surface area contributed by atoms with E-state index >= 15 is 0 Å². The SMILES string of the molecule is c1ccc(-c2nc(-c3cccc(-c4cccc5c4Oc4ccc6c(c4O5)-c4ccccc4C6(c4ccccc4)c4ccccc4)c3)nc(-c3ccc4ccccc4c3)n2)cc1. The lowest BCUT2D eigenvalue weighted by Gasteiger charge is -2.34. The summed E-state index contributed by atoms with van der Waals surface area (Å²) in [7, 11) is 0. The monoisotopic (exact) mass is 781 g/mol. The molecule has 5 nitrogen and oxygen atoms in total. The zero-order valence-corrected chi connectivity index (χ0v) is 32.9. The number of hydrogen-bond acceptors (Lipinski definition) is 5. The standard InChI is InChI=1S/C56H35N3O2/c1-4-17-37(18-5-1)53-57-54(59-55(58-53)41-31-30-36-16-10-11-19-38(36)34-41)40-21-14-20-39(35-40)44-27-15-29-48-51(44)60-49-33-32-47-50(52(49)61-48)45-26-12-13-28-46(45)56(47,42-22-6-2-7-23-42)43-24-8-3-9-25-43/h1-35H. The maximum atomic E-state index is 7.02. The van der Waals surface area contributed by atoms with Crippen LogP contribution in [-0.2, 0) is 5.41 Å². The van der Waals surface area contributed by atoms with Crippen LogP contribution in [0.5, 0.6) is 23.0 Å². The molecule has 0 atom stereocenters. The Bertz CT molecular complexity index is 3270. The van der Waals surface area contributed by atoms with Gasteiger partial charge in [-0.2, -0.15) is 0 Å². The van der Waals surface area contributed by atoms with Gasteiger partial charge in [0.2, 0.25) is 0 Å². The number of para-hydroxylation sites is 1. The van der Waals surface area contributed by atoms with Crippen molar-refractivity contribution in [1.82, 2.24) is 15.0 Å². The first kappa shape index (κ1) is 34.9. The zero-order valence-electron chi connectivity index (χ0n) is 32.9. The normalized spacial score (nSPS) is 13.0. The summed E-state index contributed by atoms with van der Waals surface area (Å²) >= 11 is 0.